The quantitative estimate of drug-likeness (QED) is 0.758. The zero-order valence-corrected chi connectivity index (χ0v) is 11.1. The fourth-order valence-corrected chi connectivity index (χ4v) is 4.49. The lowest BCUT2D eigenvalue weighted by Crippen LogP contribution is -2.31. The highest BCUT2D eigenvalue weighted by molar-refractivity contribution is 8.08. The standard InChI is InChI=1S/C12H15NOS2/c1-8-9(2)16-11(7-15-8)12(14)10-4-3-5-13-6-10/h3-6,8-9,11H,7H2,1-2H3. The third-order valence-electron chi connectivity index (χ3n) is 2.79. The molecule has 86 valence electrons. The van der Waals surface area contributed by atoms with Gasteiger partial charge < -0.3 is 0 Å². The van der Waals surface area contributed by atoms with Crippen molar-refractivity contribution in [3.8, 4) is 0 Å². The van der Waals surface area contributed by atoms with Gasteiger partial charge in [-0.3, -0.25) is 9.78 Å². The molecule has 0 amide bonds. The molecule has 0 radical (unpaired) electrons. The number of ketones is 1. The molecule has 3 unspecified atom stereocenters. The lowest BCUT2D eigenvalue weighted by Gasteiger charge is -2.30. The Kier molecular flexibility index (Phi) is 3.92. The first-order chi connectivity index (χ1) is 7.68. The molecule has 1 fully saturated rings. The summed E-state index contributed by atoms with van der Waals surface area (Å²) in [5.74, 6) is 1.15. The van der Waals surface area contributed by atoms with Crippen molar-refractivity contribution in [3.63, 3.8) is 0 Å². The second-order valence-electron chi connectivity index (χ2n) is 3.97. The van der Waals surface area contributed by atoms with Crippen molar-refractivity contribution in [2.45, 2.75) is 29.6 Å². The van der Waals surface area contributed by atoms with Gasteiger partial charge in [-0.1, -0.05) is 13.8 Å². The largest absolute Gasteiger partial charge is 0.293 e. The maximum absolute atomic E-state index is 12.2. The number of carbonyl (C=O) groups is 1. The fourth-order valence-electron chi connectivity index (χ4n) is 1.62. The molecule has 4 heteroatoms. The van der Waals surface area contributed by atoms with Crippen molar-refractivity contribution in [1.82, 2.24) is 4.98 Å². The van der Waals surface area contributed by atoms with Crippen LogP contribution in [0.3, 0.4) is 0 Å². The molecule has 1 aromatic heterocycles. The summed E-state index contributed by atoms with van der Waals surface area (Å²) in [7, 11) is 0. The molecule has 1 aliphatic heterocycles. The summed E-state index contributed by atoms with van der Waals surface area (Å²) in [5, 5.41) is 1.28. The maximum Gasteiger partial charge on any atom is 0.178 e. The van der Waals surface area contributed by atoms with Gasteiger partial charge in [0.15, 0.2) is 5.78 Å². The van der Waals surface area contributed by atoms with Crippen LogP contribution in [0.25, 0.3) is 0 Å². The van der Waals surface area contributed by atoms with E-state index in [2.05, 4.69) is 18.8 Å². The van der Waals surface area contributed by atoms with Gasteiger partial charge in [0.2, 0.25) is 0 Å². The topological polar surface area (TPSA) is 30.0 Å². The highest BCUT2D eigenvalue weighted by atomic mass is 32.2. The summed E-state index contributed by atoms with van der Waals surface area (Å²) in [6.45, 7) is 4.43. The van der Waals surface area contributed by atoms with Crippen LogP contribution in [-0.2, 0) is 0 Å². The molecule has 3 atom stereocenters. The van der Waals surface area contributed by atoms with Gasteiger partial charge in [-0.2, -0.15) is 11.8 Å². The van der Waals surface area contributed by atoms with Crippen LogP contribution in [0.5, 0.6) is 0 Å². The molecule has 0 N–H and O–H groups in total. The fraction of sp³-hybridized carbons (Fsp3) is 0.500. The zero-order chi connectivity index (χ0) is 11.5. The Hall–Kier alpha value is -0.480. The second-order valence-corrected chi connectivity index (χ2v) is 6.97. The van der Waals surface area contributed by atoms with Crippen LogP contribution >= 0.6 is 23.5 Å². The van der Waals surface area contributed by atoms with E-state index in [0.29, 0.717) is 10.5 Å². The van der Waals surface area contributed by atoms with E-state index in [1.807, 2.05) is 23.9 Å². The van der Waals surface area contributed by atoms with Gasteiger partial charge >= 0.3 is 0 Å². The average molecular weight is 253 g/mol. The van der Waals surface area contributed by atoms with Crippen LogP contribution < -0.4 is 0 Å². The van der Waals surface area contributed by atoms with E-state index in [-0.39, 0.29) is 11.0 Å². The molecule has 2 nitrogen and oxygen atoms in total. The normalized spacial score (nSPS) is 30.0. The summed E-state index contributed by atoms with van der Waals surface area (Å²) in [5.41, 5.74) is 0.738. The van der Waals surface area contributed by atoms with Crippen molar-refractivity contribution < 1.29 is 4.79 Å². The van der Waals surface area contributed by atoms with Crippen molar-refractivity contribution in [1.29, 1.82) is 0 Å². The van der Waals surface area contributed by atoms with Crippen LogP contribution in [0.15, 0.2) is 24.5 Å². The Morgan fingerprint density at radius 3 is 2.88 bits per heavy atom. The van der Waals surface area contributed by atoms with E-state index in [0.717, 1.165) is 11.3 Å². The van der Waals surface area contributed by atoms with Gasteiger partial charge in [0, 0.05) is 34.2 Å². The number of rotatable bonds is 2. The smallest absolute Gasteiger partial charge is 0.178 e. The number of aromatic nitrogens is 1. The number of nitrogens with zero attached hydrogens (tertiary/aromatic N) is 1. The van der Waals surface area contributed by atoms with Crippen LogP contribution in [0.4, 0.5) is 0 Å². The predicted octanol–water partition coefficient (Wildman–Crippen LogP) is 2.89. The lowest BCUT2D eigenvalue weighted by atomic mass is 10.1. The summed E-state index contributed by atoms with van der Waals surface area (Å²) < 4.78 is 0. The minimum absolute atomic E-state index is 0.0976. The molecule has 0 bridgehead atoms. The molecular weight excluding hydrogens is 238 g/mol. The Balaban J connectivity index is 2.06. The number of thioether (sulfide) groups is 2. The van der Waals surface area contributed by atoms with E-state index in [9.17, 15) is 4.79 Å². The van der Waals surface area contributed by atoms with Gasteiger partial charge in [0.1, 0.15) is 0 Å². The Morgan fingerprint density at radius 2 is 2.25 bits per heavy atom. The van der Waals surface area contributed by atoms with E-state index < -0.39 is 0 Å². The Morgan fingerprint density at radius 1 is 1.44 bits per heavy atom. The predicted molar refractivity (Wildman–Crippen MR) is 71.3 cm³/mol. The molecule has 2 rings (SSSR count). The molecule has 1 saturated heterocycles. The highest BCUT2D eigenvalue weighted by Gasteiger charge is 2.30. The minimum Gasteiger partial charge on any atom is -0.293 e. The van der Waals surface area contributed by atoms with Crippen LogP contribution in [0.1, 0.15) is 24.2 Å². The van der Waals surface area contributed by atoms with Crippen LogP contribution in [-0.4, -0.2) is 32.3 Å². The molecule has 0 aromatic carbocycles. The molecule has 0 saturated carbocycles. The number of Topliss-reactive ketones (excluding diaryl/α,β-unsaturated/α-hetero) is 1. The van der Waals surface area contributed by atoms with Gasteiger partial charge in [-0.05, 0) is 12.1 Å². The first kappa shape index (κ1) is 12.0. The van der Waals surface area contributed by atoms with Crippen molar-refractivity contribution in [3.05, 3.63) is 30.1 Å². The maximum atomic E-state index is 12.2. The zero-order valence-electron chi connectivity index (χ0n) is 9.42. The molecule has 2 heterocycles. The van der Waals surface area contributed by atoms with Gasteiger partial charge in [0.25, 0.3) is 0 Å². The SMILES string of the molecule is CC1SCC(C(=O)c2cccnc2)SC1C. The van der Waals surface area contributed by atoms with E-state index >= 15 is 0 Å². The minimum atomic E-state index is 0.0976. The van der Waals surface area contributed by atoms with Gasteiger partial charge in [-0.15, -0.1) is 11.8 Å². The number of hydrogen-bond donors (Lipinski definition) is 0. The van der Waals surface area contributed by atoms with Crippen molar-refractivity contribution >= 4 is 29.3 Å². The second kappa shape index (κ2) is 5.23. The molecule has 0 aliphatic carbocycles. The number of pyridine rings is 1. The number of carbonyl (C=O) groups excluding carboxylic acids is 1. The average Bonchev–Trinajstić information content (AvgIpc) is 2.33. The Labute approximate surface area is 105 Å². The molecule has 16 heavy (non-hydrogen) atoms. The first-order valence-electron chi connectivity index (χ1n) is 5.40. The van der Waals surface area contributed by atoms with Gasteiger partial charge in [-0.25, -0.2) is 0 Å². The molecule has 0 spiro atoms. The monoisotopic (exact) mass is 253 g/mol. The summed E-state index contributed by atoms with van der Waals surface area (Å²) >= 11 is 3.69. The third-order valence-corrected chi connectivity index (χ3v) is 6.18. The van der Waals surface area contributed by atoms with Crippen LogP contribution in [0, 0.1) is 0 Å². The van der Waals surface area contributed by atoms with E-state index in [4.69, 9.17) is 0 Å². The third kappa shape index (κ3) is 2.61. The first-order valence-corrected chi connectivity index (χ1v) is 7.39. The van der Waals surface area contributed by atoms with E-state index in [1.165, 1.54) is 0 Å². The summed E-state index contributed by atoms with van der Waals surface area (Å²) in [4.78, 5) is 16.2. The van der Waals surface area contributed by atoms with Crippen LogP contribution in [0.2, 0.25) is 0 Å². The molecular formula is C12H15NOS2. The molecule has 1 aromatic rings. The van der Waals surface area contributed by atoms with E-state index in [1.54, 1.807) is 24.2 Å². The number of hydrogen-bond acceptors (Lipinski definition) is 4. The summed E-state index contributed by atoms with van der Waals surface area (Å²) in [6, 6.07) is 3.67. The Bertz CT molecular complexity index is 369. The van der Waals surface area contributed by atoms with Crippen molar-refractivity contribution in [2.75, 3.05) is 5.75 Å². The highest BCUT2D eigenvalue weighted by Crippen LogP contribution is 2.36. The lowest BCUT2D eigenvalue weighted by molar-refractivity contribution is 0.0994. The summed E-state index contributed by atoms with van der Waals surface area (Å²) in [6.07, 6.45) is 3.36. The molecule has 1 aliphatic rings. The van der Waals surface area contributed by atoms with Crippen molar-refractivity contribution in [2.24, 2.45) is 0 Å². The van der Waals surface area contributed by atoms with Gasteiger partial charge in [0.05, 0.1) is 5.25 Å².